The molecule has 0 saturated carbocycles. The van der Waals surface area contributed by atoms with E-state index in [1.54, 1.807) is 31.6 Å². The fourth-order valence-electron chi connectivity index (χ4n) is 4.39. The van der Waals surface area contributed by atoms with Crippen LogP contribution in [0.25, 0.3) is 11.3 Å². The average molecular weight is 460 g/mol. The van der Waals surface area contributed by atoms with Crippen LogP contribution in [-0.2, 0) is 10.2 Å². The highest BCUT2D eigenvalue weighted by atomic mass is 16.5. The van der Waals surface area contributed by atoms with Gasteiger partial charge >= 0.3 is 0 Å². The van der Waals surface area contributed by atoms with Gasteiger partial charge in [-0.15, -0.1) is 0 Å². The van der Waals surface area contributed by atoms with Crippen LogP contribution in [0.4, 0.5) is 11.6 Å². The highest BCUT2D eigenvalue weighted by Gasteiger charge is 2.49. The van der Waals surface area contributed by atoms with Crippen molar-refractivity contribution < 1.29 is 19.4 Å². The van der Waals surface area contributed by atoms with E-state index in [4.69, 9.17) is 10.5 Å². The number of rotatable bonds is 6. The fraction of sp³-hybridized carbons (Fsp3) is 0.292. The van der Waals surface area contributed by atoms with Gasteiger partial charge in [-0.25, -0.2) is 9.97 Å². The third kappa shape index (κ3) is 3.66. The standard InChI is InChI=1S/C24H24N6O4/c1-29(6-7-31)22(33)16-2-3-18-20(9-16)30(12-24(18)13-34-14-24)23-27-10-17(11-28-23)19-8-15(21(25)32)4-5-26-19/h2-5,8-11,31H,6-7,12-14H2,1H3,(H2,25,32). The number of hydrogen-bond acceptors (Lipinski definition) is 8. The number of anilines is 2. The SMILES string of the molecule is CN(CCO)C(=O)c1ccc2c(c1)N(c1ncc(-c3cc(C(N)=O)ccn3)cn1)CC21COC1. The van der Waals surface area contributed by atoms with Gasteiger partial charge < -0.3 is 25.4 Å². The Kier molecular flexibility index (Phi) is 5.46. The molecule has 0 aliphatic carbocycles. The van der Waals surface area contributed by atoms with Gasteiger partial charge in [-0.3, -0.25) is 14.6 Å². The van der Waals surface area contributed by atoms with E-state index in [1.807, 2.05) is 23.1 Å². The molecule has 0 radical (unpaired) electrons. The third-order valence-corrected chi connectivity index (χ3v) is 6.33. The van der Waals surface area contributed by atoms with Crippen molar-refractivity contribution in [3.63, 3.8) is 0 Å². The van der Waals surface area contributed by atoms with Crippen molar-refractivity contribution >= 4 is 23.5 Å². The average Bonchev–Trinajstić information content (AvgIpc) is 3.19. The Morgan fingerprint density at radius 1 is 1.15 bits per heavy atom. The van der Waals surface area contributed by atoms with Gasteiger partial charge in [-0.05, 0) is 29.8 Å². The normalized spacial score (nSPS) is 15.6. The number of amides is 2. The molecule has 2 aliphatic rings. The van der Waals surface area contributed by atoms with Crippen LogP contribution < -0.4 is 10.6 Å². The number of fused-ring (bicyclic) bond motifs is 2. The summed E-state index contributed by atoms with van der Waals surface area (Å²) in [5, 5.41) is 9.17. The van der Waals surface area contributed by atoms with Crippen LogP contribution in [0.1, 0.15) is 26.3 Å². The molecule has 3 N–H and O–H groups in total. The quantitative estimate of drug-likeness (QED) is 0.559. The molecule has 1 saturated heterocycles. The maximum absolute atomic E-state index is 12.8. The van der Waals surface area contributed by atoms with Gasteiger partial charge in [-0.1, -0.05) is 6.07 Å². The molecule has 2 aromatic heterocycles. The minimum absolute atomic E-state index is 0.100. The van der Waals surface area contributed by atoms with Gasteiger partial charge in [0.15, 0.2) is 0 Å². The molecule has 0 atom stereocenters. The molecule has 10 heteroatoms. The molecule has 5 rings (SSSR count). The molecule has 34 heavy (non-hydrogen) atoms. The Balaban J connectivity index is 1.48. The number of nitrogens with two attached hydrogens (primary N) is 1. The molecule has 174 valence electrons. The van der Waals surface area contributed by atoms with Crippen molar-refractivity contribution in [1.82, 2.24) is 19.9 Å². The number of ether oxygens (including phenoxy) is 1. The van der Waals surface area contributed by atoms with Crippen LogP contribution in [0, 0.1) is 0 Å². The largest absolute Gasteiger partial charge is 0.395 e. The number of likely N-dealkylation sites (N-methyl/N-ethyl adjacent to an activating group) is 1. The van der Waals surface area contributed by atoms with Gasteiger partial charge in [0.2, 0.25) is 11.9 Å². The van der Waals surface area contributed by atoms with Crippen LogP contribution in [0.2, 0.25) is 0 Å². The van der Waals surface area contributed by atoms with E-state index in [0.29, 0.717) is 48.1 Å². The number of benzene rings is 1. The summed E-state index contributed by atoms with van der Waals surface area (Å²) in [5.74, 6) is -0.203. The topological polar surface area (TPSA) is 135 Å². The maximum Gasteiger partial charge on any atom is 0.253 e. The molecule has 2 aliphatic heterocycles. The van der Waals surface area contributed by atoms with E-state index in [1.165, 1.54) is 11.1 Å². The first-order chi connectivity index (χ1) is 16.4. The zero-order valence-electron chi connectivity index (χ0n) is 18.6. The number of aromatic nitrogens is 3. The third-order valence-electron chi connectivity index (χ3n) is 6.33. The van der Waals surface area contributed by atoms with Crippen molar-refractivity contribution in [2.45, 2.75) is 5.41 Å². The number of carbonyl (C=O) groups excluding carboxylic acids is 2. The smallest absolute Gasteiger partial charge is 0.253 e. The molecule has 2 amide bonds. The van der Waals surface area contributed by atoms with E-state index < -0.39 is 5.91 Å². The van der Waals surface area contributed by atoms with Crippen molar-refractivity contribution in [1.29, 1.82) is 0 Å². The summed E-state index contributed by atoms with van der Waals surface area (Å²) in [6.45, 7) is 1.98. The van der Waals surface area contributed by atoms with Gasteiger partial charge in [-0.2, -0.15) is 0 Å². The number of nitrogens with zero attached hydrogens (tertiary/aromatic N) is 5. The van der Waals surface area contributed by atoms with Crippen LogP contribution in [0.5, 0.6) is 0 Å². The number of aliphatic hydroxyl groups is 1. The first-order valence-electron chi connectivity index (χ1n) is 10.9. The number of aliphatic hydroxyl groups excluding tert-OH is 1. The monoisotopic (exact) mass is 460 g/mol. The number of hydrogen-bond donors (Lipinski definition) is 2. The summed E-state index contributed by atoms with van der Waals surface area (Å²) in [6, 6.07) is 8.81. The molecule has 0 bridgehead atoms. The molecule has 10 nitrogen and oxygen atoms in total. The van der Waals surface area contributed by atoms with E-state index in [0.717, 1.165) is 11.3 Å². The lowest BCUT2D eigenvalue weighted by Crippen LogP contribution is -2.49. The maximum atomic E-state index is 12.8. The minimum Gasteiger partial charge on any atom is -0.395 e. The van der Waals surface area contributed by atoms with E-state index in [-0.39, 0.29) is 24.5 Å². The van der Waals surface area contributed by atoms with Crippen LogP contribution in [0.15, 0.2) is 48.9 Å². The predicted octanol–water partition coefficient (Wildman–Crippen LogP) is 1.12. The fourth-order valence-corrected chi connectivity index (χ4v) is 4.39. The molecular weight excluding hydrogens is 436 g/mol. The van der Waals surface area contributed by atoms with Crippen molar-refractivity contribution in [3.05, 3.63) is 65.6 Å². The lowest BCUT2D eigenvalue weighted by atomic mass is 9.80. The molecular formula is C24H24N6O4. The first kappa shape index (κ1) is 21.9. The summed E-state index contributed by atoms with van der Waals surface area (Å²) in [4.78, 5) is 41.2. The van der Waals surface area contributed by atoms with Gasteiger partial charge in [0.05, 0.1) is 30.9 Å². The molecule has 1 fully saturated rings. The second kappa shape index (κ2) is 8.47. The summed E-state index contributed by atoms with van der Waals surface area (Å²) in [6.07, 6.45) is 4.83. The molecule has 4 heterocycles. The van der Waals surface area contributed by atoms with E-state index in [9.17, 15) is 14.7 Å². The first-order valence-corrected chi connectivity index (χ1v) is 10.9. The van der Waals surface area contributed by atoms with E-state index >= 15 is 0 Å². The predicted molar refractivity (Wildman–Crippen MR) is 124 cm³/mol. The van der Waals surface area contributed by atoms with Gasteiger partial charge in [0.1, 0.15) is 0 Å². The lowest BCUT2D eigenvalue weighted by molar-refractivity contribution is -0.0507. The number of primary amides is 1. The second-order valence-electron chi connectivity index (χ2n) is 8.61. The Bertz CT molecular complexity index is 1260. The van der Waals surface area contributed by atoms with Gasteiger partial charge in [0.25, 0.3) is 5.91 Å². The highest BCUT2D eigenvalue weighted by Crippen LogP contribution is 2.47. The number of carbonyl (C=O) groups is 2. The highest BCUT2D eigenvalue weighted by molar-refractivity contribution is 5.96. The molecule has 0 unspecified atom stereocenters. The van der Waals surface area contributed by atoms with Crippen molar-refractivity contribution in [3.8, 4) is 11.3 Å². The minimum atomic E-state index is -0.530. The van der Waals surface area contributed by atoms with Crippen LogP contribution in [0.3, 0.4) is 0 Å². The molecule has 1 spiro atoms. The summed E-state index contributed by atoms with van der Waals surface area (Å²) >= 11 is 0. The van der Waals surface area contributed by atoms with E-state index in [2.05, 4.69) is 15.0 Å². The zero-order chi connectivity index (χ0) is 23.9. The van der Waals surface area contributed by atoms with Gasteiger partial charge in [0, 0.05) is 61.1 Å². The Labute approximate surface area is 196 Å². The Morgan fingerprint density at radius 3 is 2.56 bits per heavy atom. The van der Waals surface area contributed by atoms with Crippen LogP contribution in [-0.4, -0.2) is 76.7 Å². The van der Waals surface area contributed by atoms with Crippen molar-refractivity contribution in [2.75, 3.05) is 44.9 Å². The summed E-state index contributed by atoms with van der Waals surface area (Å²) in [5.41, 5.74) is 9.27. The van der Waals surface area contributed by atoms with Crippen LogP contribution >= 0.6 is 0 Å². The molecule has 3 aromatic rings. The Hall–Kier alpha value is -3.89. The zero-order valence-corrected chi connectivity index (χ0v) is 18.6. The molecule has 1 aromatic carbocycles. The number of pyridine rings is 1. The van der Waals surface area contributed by atoms with Crippen molar-refractivity contribution in [2.24, 2.45) is 5.73 Å². The lowest BCUT2D eigenvalue weighted by Gasteiger charge is -2.38. The summed E-state index contributed by atoms with van der Waals surface area (Å²) < 4.78 is 5.54. The second-order valence-corrected chi connectivity index (χ2v) is 8.61. The Morgan fingerprint density at radius 2 is 1.91 bits per heavy atom. The summed E-state index contributed by atoms with van der Waals surface area (Å²) in [7, 11) is 1.66.